The van der Waals surface area contributed by atoms with Crippen LogP contribution in [0.3, 0.4) is 0 Å². The van der Waals surface area contributed by atoms with Gasteiger partial charge in [-0.3, -0.25) is 19.3 Å². The van der Waals surface area contributed by atoms with Crippen LogP contribution >= 0.6 is 11.8 Å². The number of nitrogens with zero attached hydrogens (tertiary/aromatic N) is 1. The molecule has 1 fully saturated rings. The largest absolute Gasteiger partial charge is 0.325 e. The van der Waals surface area contributed by atoms with E-state index in [2.05, 4.69) is 11.4 Å². The fourth-order valence-corrected chi connectivity index (χ4v) is 4.66. The van der Waals surface area contributed by atoms with Crippen molar-refractivity contribution in [1.29, 1.82) is 0 Å². The van der Waals surface area contributed by atoms with Crippen LogP contribution in [-0.4, -0.2) is 28.5 Å². The predicted molar refractivity (Wildman–Crippen MR) is 129 cm³/mol. The van der Waals surface area contributed by atoms with E-state index in [1.807, 2.05) is 54.6 Å². The minimum atomic E-state index is -0.458. The summed E-state index contributed by atoms with van der Waals surface area (Å²) in [7, 11) is 0. The molecule has 1 heterocycles. The van der Waals surface area contributed by atoms with E-state index < -0.39 is 17.1 Å². The smallest absolute Gasteiger partial charge is 0.294 e. The molecule has 6 heteroatoms. The van der Waals surface area contributed by atoms with Gasteiger partial charge in [0.25, 0.3) is 11.1 Å². The van der Waals surface area contributed by atoms with Crippen molar-refractivity contribution >= 4 is 62.1 Å². The number of para-hydroxylation sites is 1. The van der Waals surface area contributed by atoms with Gasteiger partial charge in [-0.15, -0.1) is 0 Å². The monoisotopic (exact) mass is 438 g/mol. The zero-order chi connectivity index (χ0) is 22.1. The van der Waals surface area contributed by atoms with Gasteiger partial charge in [-0.05, 0) is 63.1 Å². The Morgan fingerprint density at radius 3 is 2.09 bits per heavy atom. The van der Waals surface area contributed by atoms with Gasteiger partial charge in [0.05, 0.1) is 4.91 Å². The molecule has 1 aliphatic rings. The third-order valence-corrected chi connectivity index (χ3v) is 6.23. The third-order valence-electron chi connectivity index (χ3n) is 5.32. The molecule has 1 N–H and O–H groups in total. The van der Waals surface area contributed by atoms with Crippen LogP contribution in [0.5, 0.6) is 0 Å². The molecule has 0 aromatic heterocycles. The van der Waals surface area contributed by atoms with E-state index in [1.165, 1.54) is 0 Å². The summed E-state index contributed by atoms with van der Waals surface area (Å²) in [5.74, 6) is -0.879. The van der Waals surface area contributed by atoms with Gasteiger partial charge in [-0.2, -0.15) is 0 Å². The van der Waals surface area contributed by atoms with Gasteiger partial charge in [-0.25, -0.2) is 0 Å². The van der Waals surface area contributed by atoms with Gasteiger partial charge in [-0.1, -0.05) is 66.7 Å². The first-order valence-corrected chi connectivity index (χ1v) is 10.9. The molecule has 32 heavy (non-hydrogen) atoms. The maximum Gasteiger partial charge on any atom is 0.294 e. The number of thioether (sulfide) groups is 1. The first-order chi connectivity index (χ1) is 15.6. The number of hydrogen-bond acceptors (Lipinski definition) is 4. The number of rotatable bonds is 4. The summed E-state index contributed by atoms with van der Waals surface area (Å²) in [5.41, 5.74) is 1.50. The number of benzene rings is 4. The van der Waals surface area contributed by atoms with Gasteiger partial charge in [0.2, 0.25) is 5.91 Å². The van der Waals surface area contributed by atoms with Gasteiger partial charge in [0.15, 0.2) is 0 Å². The van der Waals surface area contributed by atoms with Crippen molar-refractivity contribution in [1.82, 2.24) is 4.90 Å². The lowest BCUT2D eigenvalue weighted by Crippen LogP contribution is -2.36. The fraction of sp³-hybridized carbons (Fsp3) is 0.0385. The average molecular weight is 439 g/mol. The second-order valence-corrected chi connectivity index (χ2v) is 8.41. The number of carbonyl (C=O) groups is 3. The molecular formula is C26H18N2O3S. The minimum absolute atomic E-state index is 0.309. The summed E-state index contributed by atoms with van der Waals surface area (Å²) in [6, 6.07) is 27.0. The molecule has 5 nitrogen and oxygen atoms in total. The molecule has 1 aliphatic heterocycles. The van der Waals surface area contributed by atoms with E-state index in [0.29, 0.717) is 10.6 Å². The predicted octanol–water partition coefficient (Wildman–Crippen LogP) is 5.67. The molecule has 0 radical (unpaired) electrons. The standard InChI is InChI=1S/C26H18N2O3S/c29-24(27-19-10-2-1-3-11-19)16-28-25(30)23(32-26(28)31)15-22-20-12-6-4-8-17(20)14-18-9-5-7-13-21(18)22/h1-15H,16H2,(H,27,29)/b23-15+. The van der Waals surface area contributed by atoms with Crippen molar-refractivity contribution < 1.29 is 14.4 Å². The molecule has 0 saturated carbocycles. The molecule has 0 bridgehead atoms. The first kappa shape index (κ1) is 20.0. The average Bonchev–Trinajstić information content (AvgIpc) is 3.07. The summed E-state index contributed by atoms with van der Waals surface area (Å²) in [6.45, 7) is -0.326. The fourth-order valence-electron chi connectivity index (χ4n) is 3.84. The van der Waals surface area contributed by atoms with Crippen LogP contribution in [0, 0.1) is 0 Å². The molecule has 0 aliphatic carbocycles. The van der Waals surface area contributed by atoms with Gasteiger partial charge < -0.3 is 5.32 Å². The number of carbonyl (C=O) groups excluding carboxylic acids is 3. The maximum atomic E-state index is 13.0. The summed E-state index contributed by atoms with van der Waals surface area (Å²) >= 11 is 0.861. The molecule has 0 spiro atoms. The molecule has 0 unspecified atom stereocenters. The Balaban J connectivity index is 1.48. The quantitative estimate of drug-likeness (QED) is 0.329. The van der Waals surface area contributed by atoms with Crippen molar-refractivity contribution in [2.24, 2.45) is 0 Å². The molecular weight excluding hydrogens is 420 g/mol. The highest BCUT2D eigenvalue weighted by atomic mass is 32.2. The molecule has 1 saturated heterocycles. The SMILES string of the molecule is O=C(CN1C(=O)S/C(=C/c2c3ccccc3cc3ccccc23)C1=O)Nc1ccccc1. The highest BCUT2D eigenvalue weighted by Gasteiger charge is 2.36. The number of anilines is 1. The van der Waals surface area contributed by atoms with Crippen LogP contribution in [0.15, 0.2) is 89.8 Å². The van der Waals surface area contributed by atoms with Crippen LogP contribution in [0.2, 0.25) is 0 Å². The van der Waals surface area contributed by atoms with E-state index in [0.717, 1.165) is 43.8 Å². The van der Waals surface area contributed by atoms with Crippen LogP contribution in [0.4, 0.5) is 10.5 Å². The van der Waals surface area contributed by atoms with E-state index in [4.69, 9.17) is 0 Å². The lowest BCUT2D eigenvalue weighted by atomic mass is 9.96. The number of amides is 3. The summed E-state index contributed by atoms with van der Waals surface area (Å²) in [6.07, 6.45) is 1.77. The summed E-state index contributed by atoms with van der Waals surface area (Å²) < 4.78 is 0. The lowest BCUT2D eigenvalue weighted by Gasteiger charge is -2.12. The Hall–Kier alpha value is -3.90. The Morgan fingerprint density at radius 2 is 1.44 bits per heavy atom. The molecule has 0 atom stereocenters. The van der Waals surface area contributed by atoms with E-state index in [1.54, 1.807) is 30.3 Å². The molecule has 156 valence electrons. The highest BCUT2D eigenvalue weighted by Crippen LogP contribution is 2.36. The van der Waals surface area contributed by atoms with Crippen molar-refractivity contribution in [3.05, 3.63) is 95.4 Å². The number of hydrogen-bond donors (Lipinski definition) is 1. The highest BCUT2D eigenvalue weighted by molar-refractivity contribution is 8.18. The number of nitrogens with one attached hydrogen (secondary N) is 1. The normalized spacial score (nSPS) is 15.1. The van der Waals surface area contributed by atoms with E-state index in [9.17, 15) is 14.4 Å². The van der Waals surface area contributed by atoms with Crippen molar-refractivity contribution in [2.45, 2.75) is 0 Å². The van der Waals surface area contributed by atoms with Gasteiger partial charge in [0, 0.05) is 5.69 Å². The summed E-state index contributed by atoms with van der Waals surface area (Å²) in [4.78, 5) is 39.2. The summed E-state index contributed by atoms with van der Waals surface area (Å²) in [5, 5.41) is 6.37. The zero-order valence-electron chi connectivity index (χ0n) is 16.9. The topological polar surface area (TPSA) is 66.5 Å². The number of imide groups is 1. The van der Waals surface area contributed by atoms with Crippen LogP contribution in [0.25, 0.3) is 27.6 Å². The first-order valence-electron chi connectivity index (χ1n) is 10.1. The van der Waals surface area contributed by atoms with Gasteiger partial charge >= 0.3 is 0 Å². The van der Waals surface area contributed by atoms with E-state index in [-0.39, 0.29) is 6.54 Å². The van der Waals surface area contributed by atoms with Crippen molar-refractivity contribution in [3.8, 4) is 0 Å². The maximum absolute atomic E-state index is 13.0. The lowest BCUT2D eigenvalue weighted by molar-refractivity contribution is -0.127. The third kappa shape index (κ3) is 3.76. The molecule has 4 aromatic rings. The Morgan fingerprint density at radius 1 is 0.844 bits per heavy atom. The van der Waals surface area contributed by atoms with Crippen LogP contribution < -0.4 is 5.32 Å². The van der Waals surface area contributed by atoms with Crippen molar-refractivity contribution in [2.75, 3.05) is 11.9 Å². The second kappa shape index (κ2) is 8.32. The molecule has 3 amide bonds. The van der Waals surface area contributed by atoms with Crippen LogP contribution in [-0.2, 0) is 9.59 Å². The Labute approximate surface area is 188 Å². The van der Waals surface area contributed by atoms with Crippen molar-refractivity contribution in [3.63, 3.8) is 0 Å². The number of fused-ring (bicyclic) bond motifs is 2. The zero-order valence-corrected chi connectivity index (χ0v) is 17.8. The minimum Gasteiger partial charge on any atom is -0.325 e. The molecule has 4 aromatic carbocycles. The molecule has 5 rings (SSSR count). The van der Waals surface area contributed by atoms with E-state index >= 15 is 0 Å². The Bertz CT molecular complexity index is 1360. The second-order valence-electron chi connectivity index (χ2n) is 7.41. The Kier molecular flexibility index (Phi) is 5.21. The van der Waals surface area contributed by atoms with Crippen LogP contribution in [0.1, 0.15) is 5.56 Å². The van der Waals surface area contributed by atoms with Gasteiger partial charge in [0.1, 0.15) is 6.54 Å².